The van der Waals surface area contributed by atoms with E-state index in [-0.39, 0.29) is 42.1 Å². The first-order valence-electron chi connectivity index (χ1n) is 16.7. The van der Waals surface area contributed by atoms with Gasteiger partial charge in [-0.3, -0.25) is 0 Å². The van der Waals surface area contributed by atoms with Crippen molar-refractivity contribution >= 4 is 32.3 Å². The molecule has 0 bridgehead atoms. The van der Waals surface area contributed by atoms with Crippen LogP contribution in [0.3, 0.4) is 0 Å². The van der Waals surface area contributed by atoms with Gasteiger partial charge in [-0.05, 0) is 166 Å². The first-order chi connectivity index (χ1) is 20.8. The fourth-order valence-corrected chi connectivity index (χ4v) is 35.6. The first-order valence-corrected chi connectivity index (χ1v) is 22.5. The predicted octanol–water partition coefficient (Wildman–Crippen LogP) is 13.1. The van der Waals surface area contributed by atoms with Gasteiger partial charge >= 0.3 is 0 Å². The summed E-state index contributed by atoms with van der Waals surface area (Å²) in [6.07, 6.45) is 0. The fourth-order valence-electron chi connectivity index (χ4n) is 8.75. The van der Waals surface area contributed by atoms with Crippen LogP contribution in [-0.2, 0) is 42.1 Å². The van der Waals surface area contributed by atoms with E-state index in [0.29, 0.717) is 41.2 Å². The van der Waals surface area contributed by atoms with Crippen molar-refractivity contribution in [3.05, 3.63) is 26.3 Å². The SMILES string of the molecule is CN([PH+](C(C)(C)C)C(C)(C)C)[PH+](C(C)(C)C)C(C)(C)C.CN([PH+](C(C)(C)C)C(C)(C)C)[PH+](C(C)(C)C)C(C)(C)C.[C-]#N.[C-]#N.[C-]#N.[C-]#N.[Pt].[Pt]. The molecule has 0 radical (unpaired) electrons. The van der Waals surface area contributed by atoms with Gasteiger partial charge in [0.05, 0.1) is 55.3 Å². The van der Waals surface area contributed by atoms with Gasteiger partial charge in [0, 0.05) is 42.1 Å². The molecular formula is C38H82N6P4Pt2. The Morgan fingerprint density at radius 1 is 0.260 bits per heavy atom. The molecule has 0 N–H and O–H groups in total. The Hall–Kier alpha value is 0.977. The van der Waals surface area contributed by atoms with Crippen LogP contribution in [0.2, 0.25) is 0 Å². The Morgan fingerprint density at radius 3 is 0.360 bits per heavy atom. The second kappa shape index (κ2) is 26.7. The second-order valence-electron chi connectivity index (χ2n) is 20.5. The van der Waals surface area contributed by atoms with Crippen molar-refractivity contribution in [2.45, 2.75) is 207 Å². The van der Waals surface area contributed by atoms with Crippen LogP contribution < -0.4 is 0 Å². The zero-order valence-electron chi connectivity index (χ0n) is 37.3. The molecule has 6 nitrogen and oxygen atoms in total. The third-order valence-electron chi connectivity index (χ3n) is 7.02. The smallest absolute Gasteiger partial charge is 0.118 e. The van der Waals surface area contributed by atoms with E-state index in [0.717, 1.165) is 0 Å². The van der Waals surface area contributed by atoms with Crippen LogP contribution >= 0.6 is 32.3 Å². The molecule has 0 aliphatic carbocycles. The molecule has 304 valence electrons. The molecule has 0 fully saturated rings. The molecule has 50 heavy (non-hydrogen) atoms. The van der Waals surface area contributed by atoms with E-state index in [1.54, 1.807) is 0 Å². The molecule has 0 aromatic rings. The van der Waals surface area contributed by atoms with Crippen LogP contribution in [-0.4, -0.2) is 64.2 Å². The van der Waals surface area contributed by atoms with Crippen LogP contribution in [0.4, 0.5) is 0 Å². The van der Waals surface area contributed by atoms with Gasteiger partial charge in [0.25, 0.3) is 0 Å². The van der Waals surface area contributed by atoms with Gasteiger partial charge < -0.3 is 47.3 Å². The minimum absolute atomic E-state index is 0. The number of hydrogen-bond donors (Lipinski definition) is 0. The Bertz CT molecular complexity index is 733. The van der Waals surface area contributed by atoms with Gasteiger partial charge in [-0.2, -0.15) is 0 Å². The molecule has 12 heteroatoms. The van der Waals surface area contributed by atoms with Crippen molar-refractivity contribution in [1.29, 1.82) is 21.0 Å². The molecule has 0 aliphatic heterocycles. The Labute approximate surface area is 349 Å². The summed E-state index contributed by atoms with van der Waals surface area (Å²) in [7, 11) is 2.30. The maximum Gasteiger partial charge on any atom is 0.118 e. The van der Waals surface area contributed by atoms with Gasteiger partial charge in [0.1, 0.15) is 32.3 Å². The minimum atomic E-state index is -0.638. The third-order valence-corrected chi connectivity index (χ3v) is 23.8. The van der Waals surface area contributed by atoms with E-state index < -0.39 is 32.3 Å². The van der Waals surface area contributed by atoms with Crippen LogP contribution in [0.5, 0.6) is 0 Å². The molecule has 0 aromatic carbocycles. The monoisotopic (exact) mass is 1140 g/mol. The molecular weight excluding hydrogens is 1050 g/mol. The summed E-state index contributed by atoms with van der Waals surface area (Å²) in [4.78, 5) is 0. The quantitative estimate of drug-likeness (QED) is 0.205. The zero-order valence-corrected chi connectivity index (χ0v) is 45.9. The molecule has 0 heterocycles. The third kappa shape index (κ3) is 26.7. The zero-order chi connectivity index (χ0) is 41.5. The molecule has 0 atom stereocenters. The van der Waals surface area contributed by atoms with E-state index in [9.17, 15) is 0 Å². The Morgan fingerprint density at radius 2 is 0.320 bits per heavy atom. The van der Waals surface area contributed by atoms with E-state index in [4.69, 9.17) is 47.3 Å². The fraction of sp³-hybridized carbons (Fsp3) is 0.895. The Balaban J connectivity index is -0.0000000945. The van der Waals surface area contributed by atoms with Crippen molar-refractivity contribution in [3.63, 3.8) is 0 Å². The summed E-state index contributed by atoms with van der Waals surface area (Å²) in [5.41, 5.74) is 0. The van der Waals surface area contributed by atoms with Crippen LogP contribution in [0.25, 0.3) is 0 Å². The van der Waals surface area contributed by atoms with E-state index in [2.05, 4.69) is 189 Å². The molecule has 0 rings (SSSR count). The molecule has 0 unspecified atom stereocenters. The normalized spacial score (nSPS) is 12.6. The van der Waals surface area contributed by atoms with Gasteiger partial charge in [0.2, 0.25) is 0 Å². The summed E-state index contributed by atoms with van der Waals surface area (Å²) in [5.74, 6) is 0. The maximum atomic E-state index is 6.25. The first kappa shape index (κ1) is 68.9. The van der Waals surface area contributed by atoms with Crippen molar-refractivity contribution in [3.8, 4) is 0 Å². The molecule has 0 aliphatic rings. The summed E-state index contributed by atoms with van der Waals surface area (Å²) in [5, 5.41) is 28.1. The maximum absolute atomic E-state index is 6.25. The average Bonchev–Trinajstić information content (AvgIpc) is 2.76. The van der Waals surface area contributed by atoms with E-state index >= 15 is 0 Å². The number of nitrogens with zero attached hydrogens (tertiary/aromatic N) is 6. The average molecular weight is 1140 g/mol. The standard InChI is InChI=1S/2C17H39NP2.4CN.2Pt/c2*1-14(2,3)19(15(4,5)6)18(13)20(16(7,8)9)17(10,11)12;4*1-2;;/h2*1-13H3;;;;;;/q;;4*-1;;/p+4. The molecule has 0 saturated heterocycles. The van der Waals surface area contributed by atoms with Crippen molar-refractivity contribution in [2.75, 3.05) is 14.1 Å². The van der Waals surface area contributed by atoms with Crippen molar-refractivity contribution < 1.29 is 42.1 Å². The molecule has 0 spiro atoms. The summed E-state index contributed by atoms with van der Waals surface area (Å²) < 4.78 is 5.74. The molecule has 0 saturated carbocycles. The van der Waals surface area contributed by atoms with Gasteiger partial charge in [0.15, 0.2) is 0 Å². The molecule has 0 aromatic heterocycles. The Kier molecular flexibility index (Phi) is 36.8. The number of hydrogen-bond acceptors (Lipinski definition) is 6. The van der Waals surface area contributed by atoms with E-state index in [1.165, 1.54) is 0 Å². The summed E-state index contributed by atoms with van der Waals surface area (Å²) in [6, 6.07) is 0. The van der Waals surface area contributed by atoms with Crippen LogP contribution in [0.1, 0.15) is 166 Å². The topological polar surface area (TPSA) is 102 Å². The predicted molar refractivity (Wildman–Crippen MR) is 227 cm³/mol. The number of rotatable bonds is 4. The molecule has 0 amide bonds. The van der Waals surface area contributed by atoms with Gasteiger partial charge in [-0.1, -0.05) is 8.88 Å². The largest absolute Gasteiger partial charge is 0.512 e. The van der Waals surface area contributed by atoms with E-state index in [1.807, 2.05) is 0 Å². The van der Waals surface area contributed by atoms with Gasteiger partial charge in [-0.15, -0.1) is 0 Å². The van der Waals surface area contributed by atoms with Crippen molar-refractivity contribution in [1.82, 2.24) is 8.88 Å². The second-order valence-corrected chi connectivity index (χ2v) is 38.9. The van der Waals surface area contributed by atoms with Crippen LogP contribution in [0.15, 0.2) is 0 Å². The summed E-state index contributed by atoms with van der Waals surface area (Å²) >= 11 is 0. The van der Waals surface area contributed by atoms with Crippen molar-refractivity contribution in [2.24, 2.45) is 0 Å². The minimum Gasteiger partial charge on any atom is -0.512 e. The van der Waals surface area contributed by atoms with Crippen LogP contribution in [0, 0.1) is 47.3 Å². The summed E-state index contributed by atoms with van der Waals surface area (Å²) in [6.45, 7) is 77.5. The van der Waals surface area contributed by atoms with Gasteiger partial charge in [-0.25, -0.2) is 0 Å².